The molecule has 1 aliphatic heterocycles. The minimum atomic E-state index is -0.923. The Morgan fingerprint density at radius 3 is 2.85 bits per heavy atom. The maximum Gasteiger partial charge on any atom is 0.196 e. The molecule has 20 heavy (non-hydrogen) atoms. The summed E-state index contributed by atoms with van der Waals surface area (Å²) in [6.07, 6.45) is 3.37. The van der Waals surface area contributed by atoms with Crippen molar-refractivity contribution >= 4 is 11.5 Å². The van der Waals surface area contributed by atoms with Crippen LogP contribution in [0.5, 0.6) is 0 Å². The van der Waals surface area contributed by atoms with Gasteiger partial charge in [0.1, 0.15) is 18.0 Å². The number of fused-ring (bicyclic) bond motifs is 1. The number of nitrogen functional groups attached to an aromatic ring is 1. The average molecular weight is 279 g/mol. The molecule has 2 aromatic rings. The topological polar surface area (TPSA) is 119 Å². The van der Waals surface area contributed by atoms with E-state index in [0.717, 1.165) is 5.69 Å². The summed E-state index contributed by atoms with van der Waals surface area (Å²) in [6.45, 7) is 1.49. The molecule has 3 heterocycles. The second-order valence-corrected chi connectivity index (χ2v) is 5.19. The molecule has 4 N–H and O–H groups in total. The summed E-state index contributed by atoms with van der Waals surface area (Å²) in [7, 11) is 0. The van der Waals surface area contributed by atoms with E-state index in [1.807, 2.05) is 6.92 Å². The molecule has 1 saturated heterocycles. The number of hydrogen-bond donors (Lipinski definition) is 3. The lowest BCUT2D eigenvalue weighted by Gasteiger charge is -2.28. The summed E-state index contributed by atoms with van der Waals surface area (Å²) in [5.74, 6) is 0.320. The number of nitrogens with two attached hydrogens (primary N) is 1. The number of nitrogens with zero attached hydrogens (tertiary/aromatic N) is 4. The molecule has 8 nitrogen and oxygen atoms in total. The highest BCUT2D eigenvalue weighted by atomic mass is 16.5. The number of rotatable bonds is 3. The van der Waals surface area contributed by atoms with Crippen LogP contribution >= 0.6 is 0 Å². The molecule has 0 saturated carbocycles. The fourth-order valence-electron chi connectivity index (χ4n) is 2.67. The molecular weight excluding hydrogens is 262 g/mol. The fourth-order valence-corrected chi connectivity index (χ4v) is 2.67. The zero-order valence-corrected chi connectivity index (χ0v) is 11.1. The van der Waals surface area contributed by atoms with E-state index < -0.39 is 5.60 Å². The summed E-state index contributed by atoms with van der Waals surface area (Å²) < 4.78 is 7.48. The van der Waals surface area contributed by atoms with E-state index in [9.17, 15) is 10.2 Å². The molecule has 0 aliphatic carbocycles. The molecule has 1 aliphatic rings. The van der Waals surface area contributed by atoms with E-state index in [0.29, 0.717) is 17.9 Å². The molecule has 2 atom stereocenters. The number of aromatic nitrogens is 4. The average Bonchev–Trinajstić information content (AvgIpc) is 3.01. The second-order valence-electron chi connectivity index (χ2n) is 5.19. The smallest absolute Gasteiger partial charge is 0.196 e. The third kappa shape index (κ3) is 1.76. The van der Waals surface area contributed by atoms with Gasteiger partial charge in [-0.1, -0.05) is 6.92 Å². The Morgan fingerprint density at radius 2 is 2.20 bits per heavy atom. The summed E-state index contributed by atoms with van der Waals surface area (Å²) in [6, 6.07) is 0. The van der Waals surface area contributed by atoms with Crippen LogP contribution in [-0.2, 0) is 4.74 Å². The quantitative estimate of drug-likeness (QED) is 0.694. The second kappa shape index (κ2) is 4.65. The SMILES string of the molecule is C[C@H]1C[C@H](c2cnc3c(N)ncnn23)OC1(CO)CO. The van der Waals surface area contributed by atoms with Crippen molar-refractivity contribution in [3.63, 3.8) is 0 Å². The van der Waals surface area contributed by atoms with Crippen molar-refractivity contribution in [2.75, 3.05) is 18.9 Å². The van der Waals surface area contributed by atoms with Crippen molar-refractivity contribution in [3.8, 4) is 0 Å². The van der Waals surface area contributed by atoms with Crippen molar-refractivity contribution in [3.05, 3.63) is 18.2 Å². The molecule has 3 rings (SSSR count). The van der Waals surface area contributed by atoms with E-state index in [1.54, 1.807) is 10.7 Å². The number of aliphatic hydroxyl groups excluding tert-OH is 2. The van der Waals surface area contributed by atoms with Gasteiger partial charge in [-0.15, -0.1) is 0 Å². The van der Waals surface area contributed by atoms with E-state index in [4.69, 9.17) is 10.5 Å². The first-order chi connectivity index (χ1) is 9.61. The van der Waals surface area contributed by atoms with Gasteiger partial charge < -0.3 is 20.7 Å². The lowest BCUT2D eigenvalue weighted by Crippen LogP contribution is -2.42. The maximum absolute atomic E-state index is 9.51. The third-order valence-corrected chi connectivity index (χ3v) is 4.07. The fraction of sp³-hybridized carbons (Fsp3) is 0.583. The van der Waals surface area contributed by atoms with Crippen LogP contribution in [0.15, 0.2) is 12.5 Å². The molecule has 0 radical (unpaired) electrons. The molecule has 0 aromatic carbocycles. The number of aliphatic hydroxyl groups is 2. The van der Waals surface area contributed by atoms with Gasteiger partial charge in [0.05, 0.1) is 25.1 Å². The third-order valence-electron chi connectivity index (χ3n) is 4.07. The van der Waals surface area contributed by atoms with Crippen molar-refractivity contribution in [2.24, 2.45) is 5.92 Å². The van der Waals surface area contributed by atoms with Gasteiger partial charge >= 0.3 is 0 Å². The van der Waals surface area contributed by atoms with Crippen LogP contribution in [0.4, 0.5) is 5.82 Å². The minimum absolute atomic E-state index is 0.0206. The Hall–Kier alpha value is -1.77. The van der Waals surface area contributed by atoms with E-state index in [2.05, 4.69) is 15.1 Å². The van der Waals surface area contributed by atoms with E-state index in [-0.39, 0.29) is 25.2 Å². The van der Waals surface area contributed by atoms with Gasteiger partial charge in [-0.25, -0.2) is 14.5 Å². The first-order valence-electron chi connectivity index (χ1n) is 6.45. The normalized spacial score (nSPS) is 25.4. The Labute approximate surface area is 115 Å². The highest BCUT2D eigenvalue weighted by molar-refractivity contribution is 5.58. The van der Waals surface area contributed by atoms with Gasteiger partial charge in [-0.05, 0) is 12.3 Å². The van der Waals surface area contributed by atoms with Crippen LogP contribution in [-0.4, -0.2) is 48.6 Å². The molecule has 1 fully saturated rings. The van der Waals surface area contributed by atoms with Gasteiger partial charge in [0.25, 0.3) is 0 Å². The van der Waals surface area contributed by atoms with Crippen LogP contribution in [0.1, 0.15) is 25.1 Å². The minimum Gasteiger partial charge on any atom is -0.393 e. The van der Waals surface area contributed by atoms with Crippen molar-refractivity contribution in [1.29, 1.82) is 0 Å². The van der Waals surface area contributed by atoms with Crippen LogP contribution in [0.3, 0.4) is 0 Å². The van der Waals surface area contributed by atoms with Gasteiger partial charge in [0.15, 0.2) is 11.5 Å². The summed E-state index contributed by atoms with van der Waals surface area (Å²) in [5, 5.41) is 23.1. The zero-order chi connectivity index (χ0) is 14.3. The molecule has 2 aromatic heterocycles. The first kappa shape index (κ1) is 13.2. The van der Waals surface area contributed by atoms with Crippen molar-refractivity contribution in [1.82, 2.24) is 19.6 Å². The van der Waals surface area contributed by atoms with E-state index >= 15 is 0 Å². The van der Waals surface area contributed by atoms with Crippen LogP contribution in [0.2, 0.25) is 0 Å². The first-order valence-corrected chi connectivity index (χ1v) is 6.45. The highest BCUT2D eigenvalue weighted by Crippen LogP contribution is 2.43. The number of hydrogen-bond acceptors (Lipinski definition) is 7. The Morgan fingerprint density at radius 1 is 1.45 bits per heavy atom. The molecule has 8 heteroatoms. The van der Waals surface area contributed by atoms with E-state index in [1.165, 1.54) is 6.33 Å². The molecule has 0 bridgehead atoms. The molecule has 0 unspecified atom stereocenters. The van der Waals surface area contributed by atoms with Gasteiger partial charge in [0.2, 0.25) is 0 Å². The van der Waals surface area contributed by atoms with Crippen molar-refractivity contribution in [2.45, 2.75) is 25.0 Å². The summed E-state index contributed by atoms with van der Waals surface area (Å²) in [5.41, 5.74) is 6.04. The Bertz CT molecular complexity index is 625. The largest absolute Gasteiger partial charge is 0.393 e. The standard InChI is InChI=1S/C12H17N5O3/c1-7-2-9(20-12(7,4-18)5-19)8-3-14-11-10(13)15-6-16-17(8)11/h3,6-7,9,18-19H,2,4-5H2,1H3,(H2,13,15,16)/t7-,9+/m0/s1. The predicted octanol–water partition coefficient (Wildman–Crippen LogP) is -0.473. The monoisotopic (exact) mass is 279 g/mol. The van der Waals surface area contributed by atoms with Crippen LogP contribution in [0, 0.1) is 5.92 Å². The van der Waals surface area contributed by atoms with Crippen LogP contribution < -0.4 is 5.73 Å². The van der Waals surface area contributed by atoms with Crippen molar-refractivity contribution < 1.29 is 14.9 Å². The maximum atomic E-state index is 9.51. The van der Waals surface area contributed by atoms with Gasteiger partial charge in [-0.2, -0.15) is 5.10 Å². The van der Waals surface area contributed by atoms with Gasteiger partial charge in [0, 0.05) is 0 Å². The molecule has 0 spiro atoms. The number of ether oxygens (including phenoxy) is 1. The molecular formula is C12H17N5O3. The lowest BCUT2D eigenvalue weighted by molar-refractivity contribution is -0.117. The Balaban J connectivity index is 1.99. The summed E-state index contributed by atoms with van der Waals surface area (Å²) in [4.78, 5) is 8.08. The van der Waals surface area contributed by atoms with Crippen LogP contribution in [0.25, 0.3) is 5.65 Å². The number of imidazole rings is 1. The number of anilines is 1. The molecule has 0 amide bonds. The van der Waals surface area contributed by atoms with Gasteiger partial charge in [-0.3, -0.25) is 0 Å². The highest BCUT2D eigenvalue weighted by Gasteiger charge is 2.47. The lowest BCUT2D eigenvalue weighted by atomic mass is 9.89. The predicted molar refractivity (Wildman–Crippen MR) is 69.7 cm³/mol. The summed E-state index contributed by atoms with van der Waals surface area (Å²) >= 11 is 0. The zero-order valence-electron chi connectivity index (χ0n) is 11.1. The molecule has 108 valence electrons. The Kier molecular flexibility index (Phi) is 3.08.